The van der Waals surface area contributed by atoms with Gasteiger partial charge in [-0.2, -0.15) is 8.78 Å². The Morgan fingerprint density at radius 3 is 2.40 bits per heavy atom. The van der Waals surface area contributed by atoms with Crippen molar-refractivity contribution in [3.63, 3.8) is 0 Å². The van der Waals surface area contributed by atoms with Crippen LogP contribution in [-0.4, -0.2) is 68.0 Å². The average Bonchev–Trinajstić information content (AvgIpc) is 3.32. The topological polar surface area (TPSA) is 42.0 Å². The third-order valence-electron chi connectivity index (χ3n) is 6.66. The van der Waals surface area contributed by atoms with E-state index >= 15 is 0 Å². The molecular weight excluding hydrogens is 504 g/mol. The van der Waals surface area contributed by atoms with Crippen molar-refractivity contribution in [3.05, 3.63) is 63.6 Å². The molecule has 2 saturated heterocycles. The number of ether oxygens (including phenoxy) is 2. The number of rotatable bonds is 6. The molecule has 0 aromatic heterocycles. The van der Waals surface area contributed by atoms with Gasteiger partial charge in [-0.25, -0.2) is 9.18 Å². The molecule has 0 saturated carbocycles. The minimum absolute atomic E-state index is 0.0501. The van der Waals surface area contributed by atoms with E-state index in [1.165, 1.54) is 24.3 Å². The monoisotopic (exact) mass is 530 g/mol. The molecule has 2 amide bonds. The second-order valence-electron chi connectivity index (χ2n) is 8.92. The van der Waals surface area contributed by atoms with Crippen LogP contribution in [0.15, 0.2) is 42.5 Å². The number of urea groups is 1. The highest BCUT2D eigenvalue weighted by molar-refractivity contribution is 6.42. The van der Waals surface area contributed by atoms with Gasteiger partial charge in [0.2, 0.25) is 0 Å². The molecule has 2 aliphatic heterocycles. The number of benzene rings is 2. The predicted octanol–water partition coefficient (Wildman–Crippen LogP) is 5.99. The Labute approximate surface area is 212 Å². The van der Waals surface area contributed by atoms with E-state index in [2.05, 4.69) is 0 Å². The lowest BCUT2D eigenvalue weighted by molar-refractivity contribution is -0.0281. The first-order valence-corrected chi connectivity index (χ1v) is 12.2. The third-order valence-corrected chi connectivity index (χ3v) is 7.40. The van der Waals surface area contributed by atoms with E-state index in [-0.39, 0.29) is 24.0 Å². The first kappa shape index (κ1) is 25.9. The highest BCUT2D eigenvalue weighted by Crippen LogP contribution is 2.39. The van der Waals surface area contributed by atoms with Crippen LogP contribution in [0.1, 0.15) is 24.0 Å². The largest absolute Gasteiger partial charge is 0.490 e. The summed E-state index contributed by atoms with van der Waals surface area (Å²) in [6.07, 6.45) is -0.357. The van der Waals surface area contributed by atoms with Gasteiger partial charge in [0.05, 0.1) is 23.3 Å². The maximum absolute atomic E-state index is 13.6. The van der Waals surface area contributed by atoms with Gasteiger partial charge in [-0.15, -0.1) is 0 Å². The van der Waals surface area contributed by atoms with Crippen molar-refractivity contribution in [1.82, 2.24) is 9.80 Å². The minimum Gasteiger partial charge on any atom is -0.490 e. The highest BCUT2D eigenvalue weighted by Gasteiger charge is 2.41. The van der Waals surface area contributed by atoms with Gasteiger partial charge in [-0.1, -0.05) is 29.3 Å². The smallest absolute Gasteiger partial charge is 0.320 e. The Balaban J connectivity index is 1.54. The second-order valence-corrected chi connectivity index (χ2v) is 9.73. The number of morpholine rings is 1. The number of carbonyl (C=O) groups is 1. The van der Waals surface area contributed by atoms with E-state index in [9.17, 15) is 18.0 Å². The summed E-state index contributed by atoms with van der Waals surface area (Å²) in [6, 6.07) is 10.6. The molecule has 2 heterocycles. The molecule has 35 heavy (non-hydrogen) atoms. The molecule has 4 rings (SSSR count). The second kappa shape index (κ2) is 10.8. The van der Waals surface area contributed by atoms with Crippen molar-refractivity contribution < 1.29 is 27.4 Å². The van der Waals surface area contributed by atoms with E-state index in [1.54, 1.807) is 11.0 Å². The molecule has 0 aliphatic carbocycles. The molecule has 0 spiro atoms. The molecule has 2 unspecified atom stereocenters. The summed E-state index contributed by atoms with van der Waals surface area (Å²) in [7, 11) is 0. The molecule has 2 aromatic rings. The molecule has 3 atom stereocenters. The third kappa shape index (κ3) is 5.81. The van der Waals surface area contributed by atoms with Crippen LogP contribution in [0.25, 0.3) is 0 Å². The van der Waals surface area contributed by atoms with Crippen molar-refractivity contribution in [2.75, 3.05) is 46.1 Å². The average molecular weight is 531 g/mol. The lowest BCUT2D eigenvalue weighted by Gasteiger charge is -2.31. The zero-order chi connectivity index (χ0) is 25.2. The van der Waals surface area contributed by atoms with E-state index in [0.717, 1.165) is 5.56 Å². The standard InChI is InChI=1S/C25H27Cl2F3N2O3/c1-16(35-19-5-3-18(4-6-19)25(29,30)15-28)20-13-32(24(33)31-8-10-34-11-9-31)14-21(20)17-2-7-22(26)23(27)12-17/h2-7,12,16,20-21H,8-11,13-15H2,1H3/t16-,20?,21?/m1/s1. The first-order valence-electron chi connectivity index (χ1n) is 11.5. The number of alkyl halides is 3. The minimum atomic E-state index is -3.53. The van der Waals surface area contributed by atoms with E-state index in [0.29, 0.717) is 55.2 Å². The van der Waals surface area contributed by atoms with Crippen molar-refractivity contribution in [3.8, 4) is 5.75 Å². The molecule has 190 valence electrons. The fraction of sp³-hybridized carbons (Fsp3) is 0.480. The van der Waals surface area contributed by atoms with Crippen molar-refractivity contribution in [1.29, 1.82) is 0 Å². The number of likely N-dealkylation sites (tertiary alicyclic amines) is 1. The predicted molar refractivity (Wildman–Crippen MR) is 128 cm³/mol. The maximum atomic E-state index is 13.6. The molecule has 0 radical (unpaired) electrons. The van der Waals surface area contributed by atoms with Crippen molar-refractivity contribution in [2.45, 2.75) is 24.9 Å². The Morgan fingerprint density at radius 2 is 1.77 bits per heavy atom. The molecule has 2 aromatic carbocycles. The Bertz CT molecular complexity index is 1040. The number of halogens is 5. The van der Waals surface area contributed by atoms with Crippen LogP contribution in [0.4, 0.5) is 18.0 Å². The fourth-order valence-corrected chi connectivity index (χ4v) is 4.97. The normalized spacial score (nSPS) is 21.8. The summed E-state index contributed by atoms with van der Waals surface area (Å²) in [6.45, 7) is 3.17. The summed E-state index contributed by atoms with van der Waals surface area (Å²) in [5, 5.41) is 0.875. The molecular formula is C25H27Cl2F3N2O3. The van der Waals surface area contributed by atoms with Crippen molar-refractivity contribution >= 4 is 29.2 Å². The van der Waals surface area contributed by atoms with Gasteiger partial charge in [0.15, 0.2) is 6.67 Å². The Morgan fingerprint density at radius 1 is 1.09 bits per heavy atom. The SMILES string of the molecule is C[C@@H](Oc1ccc(C(F)(F)CF)cc1)C1CN(C(=O)N2CCOCC2)CC1c1ccc(Cl)c(Cl)c1. The van der Waals surface area contributed by atoms with E-state index in [1.807, 2.05) is 24.0 Å². The van der Waals surface area contributed by atoms with E-state index in [4.69, 9.17) is 32.7 Å². The molecule has 0 bridgehead atoms. The van der Waals surface area contributed by atoms with Gasteiger partial charge in [0.1, 0.15) is 11.9 Å². The van der Waals surface area contributed by atoms with Gasteiger partial charge < -0.3 is 19.3 Å². The number of hydrogen-bond acceptors (Lipinski definition) is 3. The quantitative estimate of drug-likeness (QED) is 0.460. The lowest BCUT2D eigenvalue weighted by atomic mass is 9.85. The maximum Gasteiger partial charge on any atom is 0.320 e. The molecule has 5 nitrogen and oxygen atoms in total. The fourth-order valence-electron chi connectivity index (χ4n) is 4.67. The van der Waals surface area contributed by atoms with Crippen LogP contribution in [0, 0.1) is 5.92 Å². The van der Waals surface area contributed by atoms with Crippen LogP contribution in [0.3, 0.4) is 0 Å². The van der Waals surface area contributed by atoms with Crippen LogP contribution >= 0.6 is 23.2 Å². The van der Waals surface area contributed by atoms with Gasteiger partial charge >= 0.3 is 12.0 Å². The van der Waals surface area contributed by atoms with Gasteiger partial charge in [0, 0.05) is 43.6 Å². The van der Waals surface area contributed by atoms with Gasteiger partial charge in [-0.3, -0.25) is 0 Å². The summed E-state index contributed by atoms with van der Waals surface area (Å²) >= 11 is 12.4. The van der Waals surface area contributed by atoms with E-state index < -0.39 is 18.2 Å². The molecule has 0 N–H and O–H groups in total. The zero-order valence-electron chi connectivity index (χ0n) is 19.2. The summed E-state index contributed by atoms with van der Waals surface area (Å²) in [5.74, 6) is -3.31. The van der Waals surface area contributed by atoms with Crippen molar-refractivity contribution in [2.24, 2.45) is 5.92 Å². The molecule has 2 aliphatic rings. The van der Waals surface area contributed by atoms with Crippen LogP contribution in [-0.2, 0) is 10.7 Å². The summed E-state index contributed by atoms with van der Waals surface area (Å²) in [5.41, 5.74) is 0.534. The number of hydrogen-bond donors (Lipinski definition) is 0. The molecule has 2 fully saturated rings. The Kier molecular flexibility index (Phi) is 8.03. The van der Waals surface area contributed by atoms with Gasteiger partial charge in [-0.05, 0) is 48.9 Å². The van der Waals surface area contributed by atoms with Crippen LogP contribution in [0.5, 0.6) is 5.75 Å². The van der Waals surface area contributed by atoms with Gasteiger partial charge in [0.25, 0.3) is 0 Å². The molecule has 10 heteroatoms. The summed E-state index contributed by atoms with van der Waals surface area (Å²) < 4.78 is 51.3. The number of carbonyl (C=O) groups excluding carboxylic acids is 1. The number of amides is 2. The lowest BCUT2D eigenvalue weighted by Crippen LogP contribution is -2.47. The first-order chi connectivity index (χ1) is 16.7. The Hall–Kier alpha value is -2.16. The number of nitrogens with zero attached hydrogens (tertiary/aromatic N) is 2. The zero-order valence-corrected chi connectivity index (χ0v) is 20.7. The summed E-state index contributed by atoms with van der Waals surface area (Å²) in [4.78, 5) is 16.8. The van der Waals surface area contributed by atoms with Crippen LogP contribution in [0.2, 0.25) is 10.0 Å². The highest BCUT2D eigenvalue weighted by atomic mass is 35.5. The van der Waals surface area contributed by atoms with Crippen LogP contribution < -0.4 is 4.74 Å².